The molecule has 0 saturated carbocycles. The van der Waals surface area contributed by atoms with E-state index in [1.807, 2.05) is 0 Å². The molecule has 1 aromatic carbocycles. The number of hydrogen-bond acceptors (Lipinski definition) is 3. The van der Waals surface area contributed by atoms with Gasteiger partial charge in [0.2, 0.25) is 10.0 Å². The van der Waals surface area contributed by atoms with Gasteiger partial charge in [-0.25, -0.2) is 17.1 Å². The molecule has 1 fully saturated rings. The summed E-state index contributed by atoms with van der Waals surface area (Å²) in [6.45, 7) is 1.82. The van der Waals surface area contributed by atoms with Gasteiger partial charge in [-0.15, -0.1) is 0 Å². The lowest BCUT2D eigenvalue weighted by Crippen LogP contribution is -2.31. The molecule has 1 aliphatic heterocycles. The summed E-state index contributed by atoms with van der Waals surface area (Å²) in [4.78, 5) is 11.0. The molecule has 1 aliphatic rings. The monoisotopic (exact) mass is 335 g/mol. The van der Waals surface area contributed by atoms with Crippen LogP contribution in [0, 0.1) is 17.7 Å². The fourth-order valence-electron chi connectivity index (χ4n) is 2.40. The Hall–Kier alpha value is -1.18. The molecule has 0 aliphatic carbocycles. The van der Waals surface area contributed by atoms with Gasteiger partial charge in [-0.1, -0.05) is 24.6 Å². The molecule has 5 nitrogen and oxygen atoms in total. The van der Waals surface area contributed by atoms with E-state index in [1.165, 1.54) is 12.1 Å². The van der Waals surface area contributed by atoms with Crippen molar-refractivity contribution in [3.63, 3.8) is 0 Å². The van der Waals surface area contributed by atoms with E-state index < -0.39 is 27.7 Å². The normalized spacial score (nSPS) is 23.4. The van der Waals surface area contributed by atoms with Gasteiger partial charge in [0.05, 0.1) is 16.7 Å². The second-order valence-corrected chi connectivity index (χ2v) is 7.62. The second kappa shape index (κ2) is 5.90. The van der Waals surface area contributed by atoms with Crippen molar-refractivity contribution in [1.82, 2.24) is 4.31 Å². The molecule has 1 aromatic rings. The van der Waals surface area contributed by atoms with Crippen LogP contribution in [0.4, 0.5) is 4.39 Å². The van der Waals surface area contributed by atoms with E-state index in [2.05, 4.69) is 0 Å². The van der Waals surface area contributed by atoms with Crippen LogP contribution in [0.15, 0.2) is 18.2 Å². The van der Waals surface area contributed by atoms with Crippen LogP contribution >= 0.6 is 11.6 Å². The Labute approximate surface area is 127 Å². The van der Waals surface area contributed by atoms with Crippen LogP contribution in [0.25, 0.3) is 0 Å². The topological polar surface area (TPSA) is 74.7 Å². The molecule has 1 N–H and O–H groups in total. The molecule has 2 rings (SSSR count). The van der Waals surface area contributed by atoms with Crippen LogP contribution in [0.2, 0.25) is 5.02 Å². The van der Waals surface area contributed by atoms with E-state index in [-0.39, 0.29) is 35.3 Å². The Bertz CT molecular complexity index is 664. The summed E-state index contributed by atoms with van der Waals surface area (Å²) >= 11 is 5.55. The number of rotatable bonds is 4. The molecule has 21 heavy (non-hydrogen) atoms. The van der Waals surface area contributed by atoms with Gasteiger partial charge in [-0.3, -0.25) is 4.79 Å². The number of halogens is 2. The van der Waals surface area contributed by atoms with Crippen LogP contribution in [0.3, 0.4) is 0 Å². The number of aliphatic carboxylic acids is 1. The van der Waals surface area contributed by atoms with Crippen molar-refractivity contribution in [2.75, 3.05) is 13.1 Å². The third-order valence-electron chi connectivity index (χ3n) is 3.62. The molecule has 116 valence electrons. The van der Waals surface area contributed by atoms with Gasteiger partial charge in [-0.2, -0.15) is 0 Å². The van der Waals surface area contributed by atoms with E-state index in [0.717, 1.165) is 10.4 Å². The zero-order valence-electron chi connectivity index (χ0n) is 11.3. The zero-order chi connectivity index (χ0) is 15.8. The molecule has 8 heteroatoms. The van der Waals surface area contributed by atoms with Gasteiger partial charge in [-0.05, 0) is 23.6 Å². The summed E-state index contributed by atoms with van der Waals surface area (Å²) in [5.41, 5.74) is 0.281. The predicted molar refractivity (Wildman–Crippen MR) is 75.9 cm³/mol. The molecule has 0 spiro atoms. The molecule has 0 aromatic heterocycles. The van der Waals surface area contributed by atoms with Crippen molar-refractivity contribution >= 4 is 27.6 Å². The van der Waals surface area contributed by atoms with Crippen molar-refractivity contribution in [3.05, 3.63) is 34.6 Å². The summed E-state index contributed by atoms with van der Waals surface area (Å²) in [6, 6.07) is 3.82. The number of nitrogens with zero attached hydrogens (tertiary/aromatic N) is 1. The Kier molecular flexibility index (Phi) is 4.55. The minimum atomic E-state index is -3.68. The van der Waals surface area contributed by atoms with E-state index in [4.69, 9.17) is 16.7 Å². The number of sulfonamides is 1. The largest absolute Gasteiger partial charge is 0.481 e. The highest BCUT2D eigenvalue weighted by molar-refractivity contribution is 7.88. The standard InChI is InChI=1S/C13H15ClFNO4S/c1-8-5-16(6-10(8)13(17)18)21(19,20)7-9-2-3-11(14)12(15)4-9/h2-4,8,10H,5-7H2,1H3,(H,17,18)/t8-,10-/m1/s1. The molecule has 0 unspecified atom stereocenters. The Morgan fingerprint density at radius 3 is 2.67 bits per heavy atom. The van der Waals surface area contributed by atoms with Crippen LogP contribution in [-0.2, 0) is 20.6 Å². The van der Waals surface area contributed by atoms with E-state index in [9.17, 15) is 17.6 Å². The van der Waals surface area contributed by atoms with Crippen LogP contribution < -0.4 is 0 Å². The first-order chi connectivity index (χ1) is 9.70. The van der Waals surface area contributed by atoms with Gasteiger partial charge in [0.1, 0.15) is 5.82 Å². The highest BCUT2D eigenvalue weighted by Gasteiger charge is 2.40. The van der Waals surface area contributed by atoms with Crippen LogP contribution in [0.1, 0.15) is 12.5 Å². The van der Waals surface area contributed by atoms with Crippen molar-refractivity contribution in [2.24, 2.45) is 11.8 Å². The third-order valence-corrected chi connectivity index (χ3v) is 5.71. The van der Waals surface area contributed by atoms with Crippen molar-refractivity contribution in [1.29, 1.82) is 0 Å². The van der Waals surface area contributed by atoms with E-state index in [1.54, 1.807) is 6.92 Å². The van der Waals surface area contributed by atoms with Crippen molar-refractivity contribution < 1.29 is 22.7 Å². The minimum Gasteiger partial charge on any atom is -0.481 e. The molecule has 0 radical (unpaired) electrons. The van der Waals surface area contributed by atoms with Crippen LogP contribution in [-0.4, -0.2) is 36.9 Å². The lowest BCUT2D eigenvalue weighted by Gasteiger charge is -2.16. The lowest BCUT2D eigenvalue weighted by molar-refractivity contribution is -0.142. The fourth-order valence-corrected chi connectivity index (χ4v) is 4.15. The van der Waals surface area contributed by atoms with Crippen LogP contribution in [0.5, 0.6) is 0 Å². The summed E-state index contributed by atoms with van der Waals surface area (Å²) in [5.74, 6) is -3.01. The molecule has 2 atom stereocenters. The maximum atomic E-state index is 13.3. The maximum absolute atomic E-state index is 13.3. The summed E-state index contributed by atoms with van der Waals surface area (Å²) in [6.07, 6.45) is 0. The SMILES string of the molecule is C[C@@H]1CN(S(=O)(=O)Cc2ccc(Cl)c(F)c2)C[C@H]1C(=O)O. The molecule has 0 amide bonds. The average Bonchev–Trinajstić information content (AvgIpc) is 2.77. The van der Waals surface area contributed by atoms with Gasteiger partial charge in [0.15, 0.2) is 0 Å². The summed E-state index contributed by atoms with van der Waals surface area (Å²) in [5, 5.41) is 8.97. The number of benzene rings is 1. The molecule has 1 heterocycles. The second-order valence-electron chi connectivity index (χ2n) is 5.24. The molecular formula is C13H15ClFNO4S. The van der Waals surface area contributed by atoms with E-state index in [0.29, 0.717) is 0 Å². The van der Waals surface area contributed by atoms with Gasteiger partial charge in [0.25, 0.3) is 0 Å². The zero-order valence-corrected chi connectivity index (χ0v) is 12.9. The minimum absolute atomic E-state index is 0.0467. The average molecular weight is 336 g/mol. The van der Waals surface area contributed by atoms with Gasteiger partial charge in [0, 0.05) is 13.1 Å². The number of carboxylic acids is 1. The molecule has 0 bridgehead atoms. The first-order valence-electron chi connectivity index (χ1n) is 6.35. The first kappa shape index (κ1) is 16.2. The Balaban J connectivity index is 2.16. The van der Waals surface area contributed by atoms with Crippen molar-refractivity contribution in [3.8, 4) is 0 Å². The van der Waals surface area contributed by atoms with Gasteiger partial charge < -0.3 is 5.11 Å². The van der Waals surface area contributed by atoms with Crippen molar-refractivity contribution in [2.45, 2.75) is 12.7 Å². The molecule has 1 saturated heterocycles. The lowest BCUT2D eigenvalue weighted by atomic mass is 9.99. The summed E-state index contributed by atoms with van der Waals surface area (Å²) < 4.78 is 39.1. The molecular weight excluding hydrogens is 321 g/mol. The van der Waals surface area contributed by atoms with Gasteiger partial charge >= 0.3 is 5.97 Å². The fraction of sp³-hybridized carbons (Fsp3) is 0.462. The number of hydrogen-bond donors (Lipinski definition) is 1. The summed E-state index contributed by atoms with van der Waals surface area (Å²) in [7, 11) is -3.68. The first-order valence-corrected chi connectivity index (χ1v) is 8.34. The smallest absolute Gasteiger partial charge is 0.308 e. The third kappa shape index (κ3) is 3.53. The quantitative estimate of drug-likeness (QED) is 0.912. The highest BCUT2D eigenvalue weighted by Crippen LogP contribution is 2.27. The number of carboxylic acid groups (broad SMARTS) is 1. The number of carbonyl (C=O) groups is 1. The maximum Gasteiger partial charge on any atom is 0.308 e. The highest BCUT2D eigenvalue weighted by atomic mass is 35.5. The Morgan fingerprint density at radius 2 is 2.14 bits per heavy atom. The predicted octanol–water partition coefficient (Wildman–Crippen LogP) is 1.96. The van der Waals surface area contributed by atoms with E-state index >= 15 is 0 Å². The Morgan fingerprint density at radius 1 is 1.48 bits per heavy atom.